The molecule has 0 aliphatic heterocycles. The average Bonchev–Trinajstić information content (AvgIpc) is 2.71. The van der Waals surface area contributed by atoms with E-state index in [1.807, 2.05) is 6.26 Å². The maximum atomic E-state index is 12.7. The van der Waals surface area contributed by atoms with Crippen LogP contribution in [-0.2, 0) is 28.8 Å². The molecule has 182 valence electrons. The van der Waals surface area contributed by atoms with Crippen molar-refractivity contribution in [3.05, 3.63) is 0 Å². The zero-order valence-corrected chi connectivity index (χ0v) is 19.2. The van der Waals surface area contributed by atoms with Crippen molar-refractivity contribution in [2.75, 3.05) is 17.8 Å². The molecule has 0 aliphatic rings. The molecule has 0 aromatic rings. The van der Waals surface area contributed by atoms with Gasteiger partial charge in [0.25, 0.3) is 0 Å². The van der Waals surface area contributed by atoms with Crippen LogP contribution in [0.3, 0.4) is 0 Å². The lowest BCUT2D eigenvalue weighted by atomic mass is 10.1. The van der Waals surface area contributed by atoms with Gasteiger partial charge < -0.3 is 38.3 Å². The maximum absolute atomic E-state index is 12.7. The summed E-state index contributed by atoms with van der Waals surface area (Å²) in [6.07, 6.45) is 1.17. The lowest BCUT2D eigenvalue weighted by Gasteiger charge is -2.24. The Morgan fingerprint density at radius 1 is 0.875 bits per heavy atom. The molecule has 0 aliphatic carbocycles. The Bertz CT molecular complexity index is 709. The van der Waals surface area contributed by atoms with E-state index < -0.39 is 66.1 Å². The van der Waals surface area contributed by atoms with Gasteiger partial charge in [-0.15, -0.1) is 0 Å². The Morgan fingerprint density at radius 3 is 1.88 bits per heavy atom. The molecule has 32 heavy (non-hydrogen) atoms. The van der Waals surface area contributed by atoms with Gasteiger partial charge in [-0.2, -0.15) is 24.4 Å². The van der Waals surface area contributed by atoms with Crippen molar-refractivity contribution < 1.29 is 33.9 Å². The van der Waals surface area contributed by atoms with Crippen LogP contribution in [0.5, 0.6) is 0 Å². The molecular formula is C17H30N6O7S2. The molecule has 0 unspecified atom stereocenters. The monoisotopic (exact) mass is 494 g/mol. The standard InChI is InChI=1S/C17H30N6O7S2/c1-32-5-4-8(18)14(26)21-9(2-3-12(19)24)15(27)23-11(7-31)16(28)22-10(17(29)30)6-13(20)25/h8-11,31H,2-7,18H2,1H3,(H2,19,24)(H2,20,25)(H,21,26)(H,22,28)(H,23,27)(H,29,30)/t8-,9-,10-,11-/m0/s1. The summed E-state index contributed by atoms with van der Waals surface area (Å²) in [5.41, 5.74) is 15.9. The van der Waals surface area contributed by atoms with Crippen molar-refractivity contribution in [3.63, 3.8) is 0 Å². The molecule has 0 spiro atoms. The third-order valence-corrected chi connectivity index (χ3v) is 5.13. The first-order valence-electron chi connectivity index (χ1n) is 9.48. The second kappa shape index (κ2) is 15.3. The number of thioether (sulfide) groups is 1. The number of carboxylic acid groups (broad SMARTS) is 1. The molecule has 0 aromatic carbocycles. The fourth-order valence-electron chi connectivity index (χ4n) is 2.35. The normalized spacial score (nSPS) is 14.3. The molecule has 4 atom stereocenters. The fraction of sp³-hybridized carbons (Fsp3) is 0.647. The van der Waals surface area contributed by atoms with Crippen molar-refractivity contribution in [2.45, 2.75) is 49.9 Å². The number of rotatable bonds is 16. The number of aliphatic carboxylic acids is 1. The lowest BCUT2D eigenvalue weighted by Crippen LogP contribution is -2.58. The van der Waals surface area contributed by atoms with Crippen LogP contribution in [0.4, 0.5) is 0 Å². The predicted octanol–water partition coefficient (Wildman–Crippen LogP) is -3.32. The van der Waals surface area contributed by atoms with E-state index >= 15 is 0 Å². The summed E-state index contributed by atoms with van der Waals surface area (Å²) in [6.45, 7) is 0. The Labute approximate surface area is 194 Å². The maximum Gasteiger partial charge on any atom is 0.326 e. The number of amides is 5. The van der Waals surface area contributed by atoms with Crippen LogP contribution in [-0.4, -0.2) is 82.5 Å². The first-order chi connectivity index (χ1) is 14.9. The number of thiol groups is 1. The first kappa shape index (κ1) is 29.5. The van der Waals surface area contributed by atoms with Gasteiger partial charge in [0.2, 0.25) is 29.5 Å². The van der Waals surface area contributed by atoms with E-state index in [1.54, 1.807) is 0 Å². The largest absolute Gasteiger partial charge is 0.480 e. The van der Waals surface area contributed by atoms with Crippen LogP contribution >= 0.6 is 24.4 Å². The van der Waals surface area contributed by atoms with Crippen LogP contribution in [0.2, 0.25) is 0 Å². The topological polar surface area (TPSA) is 237 Å². The lowest BCUT2D eigenvalue weighted by molar-refractivity contribution is -0.143. The Hall–Kier alpha value is -2.52. The average molecular weight is 495 g/mol. The van der Waals surface area contributed by atoms with E-state index in [2.05, 4.69) is 28.6 Å². The van der Waals surface area contributed by atoms with Crippen molar-refractivity contribution in [1.29, 1.82) is 0 Å². The van der Waals surface area contributed by atoms with Crippen molar-refractivity contribution in [2.24, 2.45) is 17.2 Å². The number of carbonyl (C=O) groups excluding carboxylic acids is 5. The highest BCUT2D eigenvalue weighted by Crippen LogP contribution is 2.04. The summed E-state index contributed by atoms with van der Waals surface area (Å²) in [5.74, 6) is -5.14. The number of nitrogens with two attached hydrogens (primary N) is 3. The van der Waals surface area contributed by atoms with Gasteiger partial charge in [-0.05, 0) is 24.9 Å². The quantitative estimate of drug-likeness (QED) is 0.1000. The summed E-state index contributed by atoms with van der Waals surface area (Å²) in [4.78, 5) is 70.6. The molecule has 10 N–H and O–H groups in total. The minimum Gasteiger partial charge on any atom is -0.480 e. The molecule has 0 fully saturated rings. The molecule has 5 amide bonds. The second-order valence-corrected chi connectivity index (χ2v) is 8.12. The van der Waals surface area contributed by atoms with E-state index in [1.165, 1.54) is 11.8 Å². The first-order valence-corrected chi connectivity index (χ1v) is 11.5. The van der Waals surface area contributed by atoms with Crippen molar-refractivity contribution in [3.8, 4) is 0 Å². The fourth-order valence-corrected chi connectivity index (χ4v) is 3.10. The van der Waals surface area contributed by atoms with E-state index in [0.717, 1.165) is 0 Å². The smallest absolute Gasteiger partial charge is 0.326 e. The highest BCUT2D eigenvalue weighted by Gasteiger charge is 2.30. The minimum atomic E-state index is -1.60. The summed E-state index contributed by atoms with van der Waals surface area (Å²) in [7, 11) is 0. The SMILES string of the molecule is CSCC[C@H](N)C(=O)N[C@@H](CCC(N)=O)C(=O)N[C@@H](CS)C(=O)N[C@@H](CC(N)=O)C(=O)O. The highest BCUT2D eigenvalue weighted by molar-refractivity contribution is 7.98. The molecule has 15 heteroatoms. The Balaban J connectivity index is 5.27. The van der Waals surface area contributed by atoms with E-state index in [-0.39, 0.29) is 18.6 Å². The summed E-state index contributed by atoms with van der Waals surface area (Å²) in [5, 5.41) is 15.9. The van der Waals surface area contributed by atoms with Gasteiger partial charge in [0.1, 0.15) is 18.1 Å². The molecular weight excluding hydrogens is 464 g/mol. The van der Waals surface area contributed by atoms with Gasteiger partial charge in [-0.1, -0.05) is 0 Å². The second-order valence-electron chi connectivity index (χ2n) is 6.77. The summed E-state index contributed by atoms with van der Waals surface area (Å²) < 4.78 is 0. The van der Waals surface area contributed by atoms with Crippen LogP contribution in [0, 0.1) is 0 Å². The van der Waals surface area contributed by atoms with Gasteiger partial charge in [-0.3, -0.25) is 24.0 Å². The molecule has 0 bridgehead atoms. The summed E-state index contributed by atoms with van der Waals surface area (Å²) in [6, 6.07) is -5.02. The molecule has 0 heterocycles. The number of carbonyl (C=O) groups is 6. The number of primary amides is 2. The van der Waals surface area contributed by atoms with Gasteiger partial charge in [0, 0.05) is 12.2 Å². The number of hydrogen-bond donors (Lipinski definition) is 8. The van der Waals surface area contributed by atoms with Gasteiger partial charge >= 0.3 is 5.97 Å². The summed E-state index contributed by atoms with van der Waals surface area (Å²) >= 11 is 5.46. The number of carboxylic acids is 1. The Kier molecular flexibility index (Phi) is 14.1. The number of nitrogens with one attached hydrogen (secondary N) is 3. The molecule has 0 saturated carbocycles. The molecule has 0 saturated heterocycles. The van der Waals surface area contributed by atoms with Crippen LogP contribution in [0.25, 0.3) is 0 Å². The van der Waals surface area contributed by atoms with E-state index in [0.29, 0.717) is 12.2 Å². The van der Waals surface area contributed by atoms with Crippen molar-refractivity contribution >= 4 is 59.9 Å². The number of hydrogen-bond acceptors (Lipinski definition) is 9. The third-order valence-electron chi connectivity index (χ3n) is 4.12. The van der Waals surface area contributed by atoms with E-state index in [9.17, 15) is 28.8 Å². The van der Waals surface area contributed by atoms with Crippen LogP contribution in [0.15, 0.2) is 0 Å². The zero-order valence-electron chi connectivity index (χ0n) is 17.5. The minimum absolute atomic E-state index is 0.150. The predicted molar refractivity (Wildman–Crippen MR) is 120 cm³/mol. The van der Waals surface area contributed by atoms with Crippen LogP contribution < -0.4 is 33.2 Å². The van der Waals surface area contributed by atoms with E-state index in [4.69, 9.17) is 22.3 Å². The molecule has 0 radical (unpaired) electrons. The van der Waals surface area contributed by atoms with Gasteiger partial charge in [0.05, 0.1) is 12.5 Å². The molecule has 0 aromatic heterocycles. The van der Waals surface area contributed by atoms with Gasteiger partial charge in [0.15, 0.2) is 0 Å². The Morgan fingerprint density at radius 2 is 1.41 bits per heavy atom. The highest BCUT2D eigenvalue weighted by atomic mass is 32.2. The third kappa shape index (κ3) is 11.8. The zero-order chi connectivity index (χ0) is 24.8. The van der Waals surface area contributed by atoms with Crippen LogP contribution in [0.1, 0.15) is 25.7 Å². The molecule has 13 nitrogen and oxygen atoms in total. The van der Waals surface area contributed by atoms with Crippen molar-refractivity contribution in [1.82, 2.24) is 16.0 Å². The van der Waals surface area contributed by atoms with Gasteiger partial charge in [-0.25, -0.2) is 4.79 Å². The molecule has 0 rings (SSSR count).